The lowest BCUT2D eigenvalue weighted by Crippen LogP contribution is -2.28. The molecule has 0 fully saturated rings. The van der Waals surface area contributed by atoms with E-state index in [4.69, 9.17) is 16.3 Å². The zero-order chi connectivity index (χ0) is 18.2. The predicted octanol–water partition coefficient (Wildman–Crippen LogP) is 4.09. The van der Waals surface area contributed by atoms with Gasteiger partial charge in [-0.3, -0.25) is 4.98 Å². The summed E-state index contributed by atoms with van der Waals surface area (Å²) < 4.78 is 5.57. The Bertz CT molecular complexity index is 962. The molecule has 2 amide bonds. The summed E-state index contributed by atoms with van der Waals surface area (Å²) in [7, 11) is 0. The fourth-order valence-electron chi connectivity index (χ4n) is 2.20. The molecule has 26 heavy (non-hydrogen) atoms. The number of nitrogens with zero attached hydrogens (tertiary/aromatic N) is 1. The Labute approximate surface area is 156 Å². The highest BCUT2D eigenvalue weighted by Gasteiger charge is 1.99. The molecule has 2 N–H and O–H groups in total. The number of hydrogen-bond acceptors (Lipinski definition) is 3. The Kier molecular flexibility index (Phi) is 5.92. The molecular weight excluding hydrogens is 350 g/mol. The number of fused-ring (bicyclic) bond motifs is 1. The third kappa shape index (κ3) is 5.13. The molecule has 6 heteroatoms. The predicted molar refractivity (Wildman–Crippen MR) is 103 cm³/mol. The Balaban J connectivity index is 1.40. The molecule has 5 nitrogen and oxygen atoms in total. The first-order valence-electron chi connectivity index (χ1n) is 7.94. The van der Waals surface area contributed by atoms with Gasteiger partial charge >= 0.3 is 6.03 Å². The minimum Gasteiger partial charge on any atom is -0.481 e. The average Bonchev–Trinajstić information content (AvgIpc) is 2.66. The molecule has 0 radical (unpaired) electrons. The molecule has 0 saturated heterocycles. The van der Waals surface area contributed by atoms with Crippen molar-refractivity contribution in [2.24, 2.45) is 0 Å². The van der Waals surface area contributed by atoms with Gasteiger partial charge in [-0.25, -0.2) is 4.79 Å². The van der Waals surface area contributed by atoms with Crippen molar-refractivity contribution in [3.05, 3.63) is 65.8 Å². The lowest BCUT2D eigenvalue weighted by atomic mass is 10.2. The number of aromatic nitrogens is 1. The van der Waals surface area contributed by atoms with Crippen LogP contribution in [0, 0.1) is 11.8 Å². The second kappa shape index (κ2) is 8.75. The van der Waals surface area contributed by atoms with Crippen molar-refractivity contribution in [1.82, 2.24) is 10.3 Å². The summed E-state index contributed by atoms with van der Waals surface area (Å²) in [5.74, 6) is 6.40. The number of anilines is 1. The smallest absolute Gasteiger partial charge is 0.319 e. The molecule has 0 spiro atoms. The Hall–Kier alpha value is -3.23. The van der Waals surface area contributed by atoms with Crippen LogP contribution in [0.15, 0.2) is 60.8 Å². The van der Waals surface area contributed by atoms with E-state index in [1.807, 2.05) is 30.3 Å². The van der Waals surface area contributed by atoms with Crippen LogP contribution < -0.4 is 15.4 Å². The molecule has 0 unspecified atom stereocenters. The number of rotatable bonds is 4. The summed E-state index contributed by atoms with van der Waals surface area (Å²) in [5.41, 5.74) is 1.53. The van der Waals surface area contributed by atoms with E-state index >= 15 is 0 Å². The van der Waals surface area contributed by atoms with Crippen molar-refractivity contribution in [2.45, 2.75) is 0 Å². The van der Waals surface area contributed by atoms with Crippen molar-refractivity contribution in [3.8, 4) is 17.6 Å². The molecule has 0 bridgehead atoms. The molecular formula is C20H16ClN3O2. The first kappa shape index (κ1) is 17.6. The van der Waals surface area contributed by atoms with Crippen LogP contribution in [0.4, 0.5) is 10.5 Å². The number of pyridine rings is 1. The molecule has 0 aliphatic carbocycles. The molecule has 3 rings (SSSR count). The molecule has 0 aliphatic heterocycles. The van der Waals surface area contributed by atoms with Crippen LogP contribution in [-0.2, 0) is 0 Å². The number of ether oxygens (including phenoxy) is 1. The Morgan fingerprint density at radius 3 is 2.81 bits per heavy atom. The van der Waals surface area contributed by atoms with E-state index in [-0.39, 0.29) is 19.2 Å². The first-order chi connectivity index (χ1) is 12.7. The van der Waals surface area contributed by atoms with Crippen molar-refractivity contribution in [2.75, 3.05) is 18.5 Å². The summed E-state index contributed by atoms with van der Waals surface area (Å²) in [6, 6.07) is 16.1. The molecule has 130 valence electrons. The minimum atomic E-state index is -0.330. The zero-order valence-electron chi connectivity index (χ0n) is 13.8. The van der Waals surface area contributed by atoms with Crippen molar-refractivity contribution < 1.29 is 9.53 Å². The second-order valence-electron chi connectivity index (χ2n) is 5.31. The van der Waals surface area contributed by atoms with E-state index in [1.54, 1.807) is 30.5 Å². The van der Waals surface area contributed by atoms with Gasteiger partial charge in [0, 0.05) is 28.4 Å². The van der Waals surface area contributed by atoms with Crippen LogP contribution in [0.5, 0.6) is 5.75 Å². The monoisotopic (exact) mass is 365 g/mol. The highest BCUT2D eigenvalue weighted by Crippen LogP contribution is 2.18. The van der Waals surface area contributed by atoms with E-state index in [0.717, 1.165) is 10.9 Å². The van der Waals surface area contributed by atoms with Crippen molar-refractivity contribution >= 4 is 34.2 Å². The molecule has 0 atom stereocenters. The van der Waals surface area contributed by atoms with Crippen LogP contribution in [0.1, 0.15) is 0 Å². The highest BCUT2D eigenvalue weighted by atomic mass is 35.5. The summed E-state index contributed by atoms with van der Waals surface area (Å²) in [6.07, 6.45) is 1.74. The lowest BCUT2D eigenvalue weighted by Gasteiger charge is -2.05. The lowest BCUT2D eigenvalue weighted by molar-refractivity contribution is 0.253. The van der Waals surface area contributed by atoms with Gasteiger partial charge in [-0.15, -0.1) is 0 Å². The summed E-state index contributed by atoms with van der Waals surface area (Å²) in [5, 5.41) is 7.01. The number of halogens is 1. The van der Waals surface area contributed by atoms with Crippen LogP contribution in [0.2, 0.25) is 5.02 Å². The number of carbonyl (C=O) groups excluding carboxylic acids is 1. The van der Waals surface area contributed by atoms with E-state index in [1.165, 1.54) is 0 Å². The normalized spacial score (nSPS) is 9.88. The number of nitrogens with one attached hydrogen (secondary N) is 2. The molecule has 0 saturated carbocycles. The maximum Gasteiger partial charge on any atom is 0.319 e. The molecule has 3 aromatic rings. The number of carbonyl (C=O) groups is 1. The highest BCUT2D eigenvalue weighted by molar-refractivity contribution is 6.30. The van der Waals surface area contributed by atoms with Crippen LogP contribution in [-0.4, -0.2) is 24.2 Å². The third-order valence-corrected chi connectivity index (χ3v) is 3.70. The maximum atomic E-state index is 11.7. The number of benzene rings is 2. The van der Waals surface area contributed by atoms with Gasteiger partial charge in [0.1, 0.15) is 12.4 Å². The van der Waals surface area contributed by atoms with E-state index in [9.17, 15) is 4.79 Å². The van der Waals surface area contributed by atoms with Crippen LogP contribution in [0.25, 0.3) is 10.9 Å². The Morgan fingerprint density at radius 1 is 1.12 bits per heavy atom. The van der Waals surface area contributed by atoms with E-state index < -0.39 is 0 Å². The van der Waals surface area contributed by atoms with E-state index in [0.29, 0.717) is 16.5 Å². The van der Waals surface area contributed by atoms with Gasteiger partial charge in [0.05, 0.1) is 12.1 Å². The SMILES string of the molecule is O=C(NCC#CCOc1ccc2cccnc2c1)Nc1ccc(Cl)cc1. The van der Waals surface area contributed by atoms with Gasteiger partial charge in [-0.1, -0.05) is 29.5 Å². The molecule has 1 aromatic heterocycles. The van der Waals surface area contributed by atoms with Gasteiger partial charge in [-0.05, 0) is 42.5 Å². The maximum absolute atomic E-state index is 11.7. The van der Waals surface area contributed by atoms with Gasteiger partial charge in [0.15, 0.2) is 0 Å². The average molecular weight is 366 g/mol. The van der Waals surface area contributed by atoms with Gasteiger partial charge in [-0.2, -0.15) is 0 Å². The summed E-state index contributed by atoms with van der Waals surface area (Å²) >= 11 is 5.79. The molecule has 2 aromatic carbocycles. The summed E-state index contributed by atoms with van der Waals surface area (Å²) in [6.45, 7) is 0.459. The van der Waals surface area contributed by atoms with Crippen LogP contribution >= 0.6 is 11.6 Å². The number of urea groups is 1. The largest absolute Gasteiger partial charge is 0.481 e. The quantitative estimate of drug-likeness (QED) is 0.684. The molecule has 0 aliphatic rings. The zero-order valence-corrected chi connectivity index (χ0v) is 14.6. The standard InChI is InChI=1S/C20H16ClN3O2/c21-16-6-8-17(9-7-16)24-20(25)23-11-1-2-13-26-18-10-5-15-4-3-12-22-19(15)14-18/h3-10,12,14H,11,13H2,(H2,23,24,25). The first-order valence-corrected chi connectivity index (χ1v) is 8.32. The minimum absolute atomic E-state index is 0.224. The van der Waals surface area contributed by atoms with Crippen molar-refractivity contribution in [3.63, 3.8) is 0 Å². The fraction of sp³-hybridized carbons (Fsp3) is 0.100. The fourth-order valence-corrected chi connectivity index (χ4v) is 2.33. The topological polar surface area (TPSA) is 63.2 Å². The van der Waals surface area contributed by atoms with Gasteiger partial charge in [0.2, 0.25) is 0 Å². The summed E-state index contributed by atoms with van der Waals surface area (Å²) in [4.78, 5) is 16.0. The van der Waals surface area contributed by atoms with Gasteiger partial charge < -0.3 is 15.4 Å². The van der Waals surface area contributed by atoms with Crippen molar-refractivity contribution in [1.29, 1.82) is 0 Å². The van der Waals surface area contributed by atoms with E-state index in [2.05, 4.69) is 27.5 Å². The number of hydrogen-bond donors (Lipinski definition) is 2. The van der Waals surface area contributed by atoms with Crippen LogP contribution in [0.3, 0.4) is 0 Å². The molecule has 1 heterocycles. The second-order valence-corrected chi connectivity index (χ2v) is 5.75. The third-order valence-electron chi connectivity index (χ3n) is 3.45. The number of amides is 2. The Morgan fingerprint density at radius 2 is 1.96 bits per heavy atom. The van der Waals surface area contributed by atoms with Gasteiger partial charge in [0.25, 0.3) is 0 Å².